The summed E-state index contributed by atoms with van der Waals surface area (Å²) in [4.78, 5) is 27.6. The maximum absolute atomic E-state index is 12.2. The molecule has 0 atom stereocenters. The summed E-state index contributed by atoms with van der Waals surface area (Å²) in [5, 5.41) is 6.09. The Balaban J connectivity index is 2.33. The number of hydrogen-bond acceptors (Lipinski definition) is 5. The number of aromatic nitrogens is 2. The number of amides is 2. The highest BCUT2D eigenvalue weighted by Crippen LogP contribution is 2.16. The smallest absolute Gasteiger partial charge is 0.271 e. The summed E-state index contributed by atoms with van der Waals surface area (Å²) in [6, 6.07) is 3.60. The van der Waals surface area contributed by atoms with Crippen LogP contribution in [0.5, 0.6) is 0 Å². The maximum atomic E-state index is 12.2. The van der Waals surface area contributed by atoms with Gasteiger partial charge in [-0.1, -0.05) is 5.16 Å². The lowest BCUT2D eigenvalue weighted by Crippen LogP contribution is -2.20. The lowest BCUT2D eigenvalue weighted by molar-refractivity contribution is 0.0972. The van der Waals surface area contributed by atoms with Crippen molar-refractivity contribution in [1.29, 1.82) is 0 Å². The van der Waals surface area contributed by atoms with Crippen LogP contribution in [0.2, 0.25) is 0 Å². The van der Waals surface area contributed by atoms with Gasteiger partial charge in [-0.2, -0.15) is 0 Å². The number of anilines is 1. The molecule has 2 rings (SSSR count). The van der Waals surface area contributed by atoms with Crippen molar-refractivity contribution in [3.05, 3.63) is 40.4 Å². The number of hydrogen-bond donors (Lipinski definition) is 2. The third-order valence-corrected chi connectivity index (χ3v) is 2.66. The molecule has 0 fully saturated rings. The van der Waals surface area contributed by atoms with Crippen molar-refractivity contribution in [1.82, 2.24) is 10.1 Å². The molecule has 0 aromatic carbocycles. The molecule has 0 saturated heterocycles. The molecular formula is C13H14N4O3. The molecule has 0 aliphatic rings. The first kappa shape index (κ1) is 13.7. The number of pyridine rings is 1. The molecular weight excluding hydrogens is 260 g/mol. The van der Waals surface area contributed by atoms with E-state index in [0.29, 0.717) is 5.82 Å². The van der Waals surface area contributed by atoms with Gasteiger partial charge < -0.3 is 15.6 Å². The third-order valence-electron chi connectivity index (χ3n) is 2.66. The van der Waals surface area contributed by atoms with Crippen LogP contribution in [-0.4, -0.2) is 22.0 Å². The largest absolute Gasteiger partial charge is 0.364 e. The highest BCUT2D eigenvalue weighted by atomic mass is 16.5. The molecule has 7 nitrogen and oxygen atoms in total. The van der Waals surface area contributed by atoms with Gasteiger partial charge in [-0.05, 0) is 38.5 Å². The predicted molar refractivity (Wildman–Crippen MR) is 71.4 cm³/mol. The second kappa shape index (κ2) is 5.12. The third kappa shape index (κ3) is 2.66. The Labute approximate surface area is 115 Å². The highest BCUT2D eigenvalue weighted by Gasteiger charge is 2.24. The number of nitrogens with two attached hydrogens (primary N) is 1. The van der Waals surface area contributed by atoms with Gasteiger partial charge in [-0.25, -0.2) is 4.98 Å². The van der Waals surface area contributed by atoms with E-state index in [9.17, 15) is 9.59 Å². The fourth-order valence-electron chi connectivity index (χ4n) is 1.89. The molecule has 0 bridgehead atoms. The van der Waals surface area contributed by atoms with Gasteiger partial charge in [0.25, 0.3) is 11.8 Å². The Bertz CT molecular complexity index is 671. The zero-order valence-electron chi connectivity index (χ0n) is 11.4. The Kier molecular flexibility index (Phi) is 3.51. The van der Waals surface area contributed by atoms with Gasteiger partial charge in [0.15, 0.2) is 5.69 Å². The number of carbonyl (C=O) groups excluding carboxylic acids is 2. The minimum absolute atomic E-state index is 0.0264. The molecule has 7 heteroatoms. The van der Waals surface area contributed by atoms with Crippen LogP contribution in [0.25, 0.3) is 0 Å². The Morgan fingerprint density at radius 3 is 2.55 bits per heavy atom. The van der Waals surface area contributed by atoms with E-state index < -0.39 is 11.8 Å². The van der Waals surface area contributed by atoms with E-state index in [2.05, 4.69) is 15.5 Å². The van der Waals surface area contributed by atoms with Gasteiger partial charge >= 0.3 is 0 Å². The van der Waals surface area contributed by atoms with Gasteiger partial charge in [0.2, 0.25) is 0 Å². The summed E-state index contributed by atoms with van der Waals surface area (Å²) >= 11 is 0. The van der Waals surface area contributed by atoms with E-state index in [-0.39, 0.29) is 17.0 Å². The van der Waals surface area contributed by atoms with Gasteiger partial charge in [0.1, 0.15) is 17.1 Å². The molecule has 0 spiro atoms. The van der Waals surface area contributed by atoms with Crippen molar-refractivity contribution >= 4 is 17.6 Å². The van der Waals surface area contributed by atoms with Gasteiger partial charge in [0, 0.05) is 5.69 Å². The number of primary amides is 1. The van der Waals surface area contributed by atoms with Crippen LogP contribution < -0.4 is 11.1 Å². The molecule has 104 valence electrons. The number of nitrogens with zero attached hydrogens (tertiary/aromatic N) is 2. The van der Waals surface area contributed by atoms with E-state index >= 15 is 0 Å². The molecule has 20 heavy (non-hydrogen) atoms. The average molecular weight is 274 g/mol. The summed E-state index contributed by atoms with van der Waals surface area (Å²) < 4.78 is 4.83. The van der Waals surface area contributed by atoms with Crippen LogP contribution in [-0.2, 0) is 0 Å². The molecule has 2 aromatic rings. The first-order valence-corrected chi connectivity index (χ1v) is 5.91. The summed E-state index contributed by atoms with van der Waals surface area (Å²) in [6.45, 7) is 5.25. The van der Waals surface area contributed by atoms with E-state index in [1.165, 1.54) is 6.92 Å². The molecule has 0 aliphatic carbocycles. The molecule has 3 N–H and O–H groups in total. The maximum Gasteiger partial charge on any atom is 0.271 e. The fourth-order valence-corrected chi connectivity index (χ4v) is 1.89. The minimum Gasteiger partial charge on any atom is -0.364 e. The van der Waals surface area contributed by atoms with Crippen LogP contribution >= 0.6 is 0 Å². The Morgan fingerprint density at radius 2 is 1.95 bits per heavy atom. The lowest BCUT2D eigenvalue weighted by Gasteiger charge is -2.06. The van der Waals surface area contributed by atoms with Gasteiger partial charge in [-0.3, -0.25) is 9.59 Å². The monoisotopic (exact) mass is 274 g/mol. The first-order chi connectivity index (χ1) is 9.38. The zero-order valence-corrected chi connectivity index (χ0v) is 11.4. The predicted octanol–water partition coefficient (Wildman–Crippen LogP) is 1.35. The molecule has 2 aromatic heterocycles. The van der Waals surface area contributed by atoms with Crippen molar-refractivity contribution in [3.8, 4) is 0 Å². The lowest BCUT2D eigenvalue weighted by atomic mass is 10.1. The van der Waals surface area contributed by atoms with Crippen molar-refractivity contribution in [2.75, 3.05) is 5.32 Å². The second-order valence-corrected chi connectivity index (χ2v) is 4.45. The number of rotatable bonds is 3. The normalized spacial score (nSPS) is 10.3. The highest BCUT2D eigenvalue weighted by molar-refractivity contribution is 6.11. The Morgan fingerprint density at radius 1 is 1.25 bits per heavy atom. The number of aryl methyl sites for hydroxylation is 3. The van der Waals surface area contributed by atoms with Crippen molar-refractivity contribution < 1.29 is 14.1 Å². The summed E-state index contributed by atoms with van der Waals surface area (Å²) in [6.07, 6.45) is 0. The summed E-state index contributed by atoms with van der Waals surface area (Å²) in [5.41, 5.74) is 6.72. The minimum atomic E-state index is -0.819. The molecule has 2 amide bonds. The van der Waals surface area contributed by atoms with Crippen molar-refractivity contribution in [2.24, 2.45) is 5.73 Å². The molecule has 2 heterocycles. The van der Waals surface area contributed by atoms with Crippen molar-refractivity contribution in [2.45, 2.75) is 20.8 Å². The van der Waals surface area contributed by atoms with E-state index in [4.69, 9.17) is 10.3 Å². The SMILES string of the molecule is Cc1cc(C)nc(NC(=O)c2c(C(N)=O)noc2C)c1. The summed E-state index contributed by atoms with van der Waals surface area (Å²) in [7, 11) is 0. The molecule has 0 aliphatic heterocycles. The Hall–Kier alpha value is -2.70. The van der Waals surface area contributed by atoms with E-state index in [0.717, 1.165) is 11.3 Å². The van der Waals surface area contributed by atoms with Gasteiger partial charge in [-0.15, -0.1) is 0 Å². The van der Waals surface area contributed by atoms with Crippen LogP contribution in [0.1, 0.15) is 37.9 Å². The second-order valence-electron chi connectivity index (χ2n) is 4.45. The summed E-state index contributed by atoms with van der Waals surface area (Å²) in [5.74, 6) is -0.736. The van der Waals surface area contributed by atoms with Crippen LogP contribution in [0.15, 0.2) is 16.7 Å². The topological polar surface area (TPSA) is 111 Å². The van der Waals surface area contributed by atoms with Crippen LogP contribution in [0, 0.1) is 20.8 Å². The molecule has 0 unspecified atom stereocenters. The average Bonchev–Trinajstić information content (AvgIpc) is 2.69. The number of carbonyl (C=O) groups is 2. The first-order valence-electron chi connectivity index (χ1n) is 5.91. The number of nitrogens with one attached hydrogen (secondary N) is 1. The standard InChI is InChI=1S/C13H14N4O3/c1-6-4-7(2)15-9(5-6)16-13(19)10-8(3)20-17-11(10)12(14)18/h4-5H,1-3H3,(H2,14,18)(H,15,16,19). The van der Waals surface area contributed by atoms with E-state index in [1.807, 2.05) is 19.9 Å². The quantitative estimate of drug-likeness (QED) is 0.877. The zero-order chi connectivity index (χ0) is 14.9. The molecule has 0 radical (unpaired) electrons. The van der Waals surface area contributed by atoms with Crippen LogP contribution in [0.3, 0.4) is 0 Å². The van der Waals surface area contributed by atoms with Crippen LogP contribution in [0.4, 0.5) is 5.82 Å². The van der Waals surface area contributed by atoms with E-state index in [1.54, 1.807) is 6.07 Å². The van der Waals surface area contributed by atoms with Gasteiger partial charge in [0.05, 0.1) is 0 Å². The van der Waals surface area contributed by atoms with Crippen molar-refractivity contribution in [3.63, 3.8) is 0 Å². The molecule has 0 saturated carbocycles. The fraction of sp³-hybridized carbons (Fsp3) is 0.231.